The van der Waals surface area contributed by atoms with Gasteiger partial charge in [-0.3, -0.25) is 9.69 Å². The van der Waals surface area contributed by atoms with Gasteiger partial charge in [-0.2, -0.15) is 4.31 Å². The smallest absolute Gasteiger partial charge is 0.243 e. The monoisotopic (exact) mass is 590 g/mol. The molecule has 3 aromatic rings. The number of thiazole rings is 1. The standard InChI is InChI=1S/C28H32ClFN4O3S2/c1-19-25(20-7-9-22(30)10-8-20)32-26(38-19)31-24(35)16-33-13-11-28(12-14-33)17-27(2,3)34(18-28)39(36,37)23-6-4-5-21(29)15-23/h4-10,15H,11-14,16-18H2,1-3H3,(H,31,32,35). The van der Waals surface area contributed by atoms with Crippen molar-refractivity contribution in [2.45, 2.75) is 50.5 Å². The van der Waals surface area contributed by atoms with Crippen LogP contribution in [0.25, 0.3) is 11.3 Å². The predicted octanol–water partition coefficient (Wildman–Crippen LogP) is 5.80. The number of aromatic nitrogens is 1. The number of anilines is 1. The average molecular weight is 591 g/mol. The second-order valence-electron chi connectivity index (χ2n) is 11.2. The Hall–Kier alpha value is -2.37. The van der Waals surface area contributed by atoms with Crippen LogP contribution in [0.2, 0.25) is 5.02 Å². The molecular weight excluding hydrogens is 559 g/mol. The first-order valence-corrected chi connectivity index (χ1v) is 15.5. The van der Waals surface area contributed by atoms with Crippen LogP contribution in [-0.4, -0.2) is 60.2 Å². The summed E-state index contributed by atoms with van der Waals surface area (Å²) in [5, 5.41) is 3.83. The number of nitrogens with one attached hydrogen (secondary N) is 1. The van der Waals surface area contributed by atoms with Gasteiger partial charge in [-0.1, -0.05) is 17.7 Å². The highest BCUT2D eigenvalue weighted by molar-refractivity contribution is 7.89. The van der Waals surface area contributed by atoms with Gasteiger partial charge in [-0.25, -0.2) is 17.8 Å². The Labute approximate surface area is 238 Å². The summed E-state index contributed by atoms with van der Waals surface area (Å²) in [7, 11) is -3.69. The van der Waals surface area contributed by atoms with E-state index in [9.17, 15) is 17.6 Å². The van der Waals surface area contributed by atoms with E-state index in [0.717, 1.165) is 35.4 Å². The van der Waals surface area contributed by atoms with Gasteiger partial charge in [-0.15, -0.1) is 11.3 Å². The minimum atomic E-state index is -3.69. The number of carbonyl (C=O) groups excluding carboxylic acids is 1. The minimum Gasteiger partial charge on any atom is -0.301 e. The zero-order valence-corrected chi connectivity index (χ0v) is 24.6. The van der Waals surface area contributed by atoms with Crippen molar-refractivity contribution < 1.29 is 17.6 Å². The second-order valence-corrected chi connectivity index (χ2v) is 14.7. The summed E-state index contributed by atoms with van der Waals surface area (Å²) in [5.74, 6) is -0.442. The molecule has 1 spiro atoms. The lowest BCUT2D eigenvalue weighted by Crippen LogP contribution is -2.45. The van der Waals surface area contributed by atoms with Crippen molar-refractivity contribution in [2.75, 3.05) is 31.5 Å². The zero-order chi connectivity index (χ0) is 28.0. The minimum absolute atomic E-state index is 0.126. The quantitative estimate of drug-likeness (QED) is 0.392. The van der Waals surface area contributed by atoms with E-state index < -0.39 is 15.6 Å². The Morgan fingerprint density at radius 2 is 1.85 bits per heavy atom. The van der Waals surface area contributed by atoms with Crippen LogP contribution in [0.5, 0.6) is 0 Å². The Kier molecular flexibility index (Phi) is 7.62. The molecule has 1 N–H and O–H groups in total. The van der Waals surface area contributed by atoms with Crippen molar-refractivity contribution in [1.82, 2.24) is 14.2 Å². The van der Waals surface area contributed by atoms with Crippen molar-refractivity contribution in [3.05, 3.63) is 64.2 Å². The summed E-state index contributed by atoms with van der Waals surface area (Å²) in [6.07, 6.45) is 2.40. The number of hydrogen-bond donors (Lipinski definition) is 1. The molecule has 1 aromatic heterocycles. The van der Waals surface area contributed by atoms with Crippen molar-refractivity contribution in [3.63, 3.8) is 0 Å². The van der Waals surface area contributed by atoms with Gasteiger partial charge in [0.05, 0.1) is 17.1 Å². The highest BCUT2D eigenvalue weighted by atomic mass is 35.5. The van der Waals surface area contributed by atoms with Gasteiger partial charge in [0.1, 0.15) is 5.82 Å². The molecule has 11 heteroatoms. The molecule has 5 rings (SSSR count). The van der Waals surface area contributed by atoms with Crippen molar-refractivity contribution >= 4 is 44.0 Å². The third-order valence-corrected chi connectivity index (χ3v) is 11.0. The molecule has 2 aromatic carbocycles. The maximum Gasteiger partial charge on any atom is 0.243 e. The molecule has 0 atom stereocenters. The summed E-state index contributed by atoms with van der Waals surface area (Å²) in [6, 6.07) is 12.6. The number of likely N-dealkylation sites (tertiary alicyclic amines) is 1. The van der Waals surface area contributed by atoms with Gasteiger partial charge >= 0.3 is 0 Å². The van der Waals surface area contributed by atoms with Crippen LogP contribution >= 0.6 is 22.9 Å². The molecule has 3 heterocycles. The SMILES string of the molecule is Cc1sc(NC(=O)CN2CCC3(CC2)CN(S(=O)(=O)c2cccc(Cl)c2)C(C)(C)C3)nc1-c1ccc(F)cc1. The number of piperidine rings is 1. The molecular formula is C28H32ClFN4O3S2. The van der Waals surface area contributed by atoms with Crippen LogP contribution < -0.4 is 5.32 Å². The lowest BCUT2D eigenvalue weighted by atomic mass is 9.74. The van der Waals surface area contributed by atoms with E-state index in [1.54, 1.807) is 34.6 Å². The van der Waals surface area contributed by atoms with Gasteiger partial charge in [-0.05, 0) is 101 Å². The largest absolute Gasteiger partial charge is 0.301 e. The topological polar surface area (TPSA) is 82.6 Å². The molecule has 0 bridgehead atoms. The molecule has 1 amide bonds. The molecule has 0 saturated carbocycles. The van der Waals surface area contributed by atoms with Gasteiger partial charge in [0.2, 0.25) is 15.9 Å². The van der Waals surface area contributed by atoms with E-state index in [4.69, 9.17) is 11.6 Å². The normalized spacial score (nSPS) is 19.4. The first-order chi connectivity index (χ1) is 18.4. The Balaban J connectivity index is 1.19. The van der Waals surface area contributed by atoms with Gasteiger partial charge < -0.3 is 5.32 Å². The fourth-order valence-electron chi connectivity index (χ4n) is 5.95. The summed E-state index contributed by atoms with van der Waals surface area (Å²) in [4.78, 5) is 20.7. The number of rotatable bonds is 6. The molecule has 2 aliphatic rings. The number of amides is 1. The lowest BCUT2D eigenvalue weighted by molar-refractivity contribution is -0.117. The van der Waals surface area contributed by atoms with Gasteiger partial charge in [0.15, 0.2) is 5.13 Å². The number of hydrogen-bond acceptors (Lipinski definition) is 6. The molecule has 208 valence electrons. The number of carbonyl (C=O) groups is 1. The first-order valence-electron chi connectivity index (χ1n) is 12.9. The molecule has 2 saturated heterocycles. The third kappa shape index (κ3) is 5.90. The molecule has 39 heavy (non-hydrogen) atoms. The van der Waals surface area contributed by atoms with Crippen LogP contribution in [0.15, 0.2) is 53.4 Å². The average Bonchev–Trinajstić information content (AvgIpc) is 3.37. The van der Waals surface area contributed by atoms with Gasteiger partial charge in [0, 0.05) is 27.5 Å². The number of nitrogens with zero attached hydrogens (tertiary/aromatic N) is 3. The van der Waals surface area contributed by atoms with E-state index in [-0.39, 0.29) is 28.6 Å². The lowest BCUT2D eigenvalue weighted by Gasteiger charge is -2.39. The molecule has 0 radical (unpaired) electrons. The summed E-state index contributed by atoms with van der Waals surface area (Å²) in [6.45, 7) is 8.03. The van der Waals surface area contributed by atoms with Crippen molar-refractivity contribution in [3.8, 4) is 11.3 Å². The molecule has 2 fully saturated rings. The van der Waals surface area contributed by atoms with E-state index >= 15 is 0 Å². The van der Waals surface area contributed by atoms with E-state index in [2.05, 4.69) is 15.2 Å². The fraction of sp³-hybridized carbons (Fsp3) is 0.429. The van der Waals surface area contributed by atoms with E-state index in [1.807, 2.05) is 20.8 Å². The highest BCUT2D eigenvalue weighted by Crippen LogP contribution is 2.50. The van der Waals surface area contributed by atoms with Crippen LogP contribution in [0.1, 0.15) is 38.0 Å². The molecule has 0 unspecified atom stereocenters. The Morgan fingerprint density at radius 1 is 1.15 bits per heavy atom. The summed E-state index contributed by atoms with van der Waals surface area (Å²) in [5.41, 5.74) is 0.888. The highest BCUT2D eigenvalue weighted by Gasteiger charge is 2.53. The van der Waals surface area contributed by atoms with Crippen molar-refractivity contribution in [2.24, 2.45) is 5.41 Å². The second kappa shape index (κ2) is 10.6. The number of aryl methyl sites for hydroxylation is 1. The zero-order valence-electron chi connectivity index (χ0n) is 22.2. The predicted molar refractivity (Wildman–Crippen MR) is 153 cm³/mol. The van der Waals surface area contributed by atoms with E-state index in [1.165, 1.54) is 29.5 Å². The first kappa shape index (κ1) is 28.2. The van der Waals surface area contributed by atoms with Crippen LogP contribution in [0.4, 0.5) is 9.52 Å². The molecule has 0 aliphatic carbocycles. The molecule has 2 aliphatic heterocycles. The van der Waals surface area contributed by atoms with Crippen LogP contribution in [0, 0.1) is 18.2 Å². The third-order valence-electron chi connectivity index (χ3n) is 7.79. The van der Waals surface area contributed by atoms with E-state index in [0.29, 0.717) is 29.8 Å². The molecule has 7 nitrogen and oxygen atoms in total. The number of halogens is 2. The maximum atomic E-state index is 13.5. The van der Waals surface area contributed by atoms with Gasteiger partial charge in [0.25, 0.3) is 0 Å². The fourth-order valence-corrected chi connectivity index (χ4v) is 9.00. The Bertz CT molecular complexity index is 1480. The van der Waals surface area contributed by atoms with Crippen LogP contribution in [-0.2, 0) is 14.8 Å². The summed E-state index contributed by atoms with van der Waals surface area (Å²) >= 11 is 7.48. The van der Waals surface area contributed by atoms with Crippen LogP contribution in [0.3, 0.4) is 0 Å². The number of sulfonamides is 1. The Morgan fingerprint density at radius 3 is 2.51 bits per heavy atom. The number of benzene rings is 2. The van der Waals surface area contributed by atoms with Crippen molar-refractivity contribution in [1.29, 1.82) is 0 Å². The summed E-state index contributed by atoms with van der Waals surface area (Å²) < 4.78 is 42.0. The maximum absolute atomic E-state index is 13.5.